The molecule has 0 aliphatic rings. The SMILES string of the molecule is CC(C)[C@H](NC(=O)COc1ccc(Cl)cc1Br)C(=O)O. The third-order valence-electron chi connectivity index (χ3n) is 2.50. The summed E-state index contributed by atoms with van der Waals surface area (Å²) in [6, 6.07) is 3.97. The van der Waals surface area contributed by atoms with E-state index < -0.39 is 17.9 Å². The van der Waals surface area contributed by atoms with Crippen LogP contribution in [0.2, 0.25) is 5.02 Å². The van der Waals surface area contributed by atoms with E-state index in [2.05, 4.69) is 21.2 Å². The lowest BCUT2D eigenvalue weighted by molar-refractivity contribution is -0.143. The van der Waals surface area contributed by atoms with Crippen molar-refractivity contribution in [1.29, 1.82) is 0 Å². The van der Waals surface area contributed by atoms with Gasteiger partial charge in [0.25, 0.3) is 5.91 Å². The zero-order valence-electron chi connectivity index (χ0n) is 11.0. The van der Waals surface area contributed by atoms with Crippen molar-refractivity contribution in [2.75, 3.05) is 6.61 Å². The number of halogens is 2. The number of hydrogen-bond acceptors (Lipinski definition) is 3. The van der Waals surface area contributed by atoms with E-state index in [1.807, 2.05) is 0 Å². The van der Waals surface area contributed by atoms with Gasteiger partial charge in [-0.05, 0) is 40.0 Å². The van der Waals surface area contributed by atoms with Gasteiger partial charge in [0.05, 0.1) is 4.47 Å². The van der Waals surface area contributed by atoms with Crippen LogP contribution in [0.5, 0.6) is 5.75 Å². The van der Waals surface area contributed by atoms with Crippen LogP contribution in [0.1, 0.15) is 13.8 Å². The van der Waals surface area contributed by atoms with E-state index in [4.69, 9.17) is 21.4 Å². The number of hydrogen-bond donors (Lipinski definition) is 2. The van der Waals surface area contributed by atoms with Crippen molar-refractivity contribution in [2.24, 2.45) is 5.92 Å². The predicted octanol–water partition coefficient (Wildman–Crippen LogP) is 2.71. The van der Waals surface area contributed by atoms with Crippen molar-refractivity contribution in [1.82, 2.24) is 5.32 Å². The first-order chi connectivity index (χ1) is 9.31. The molecule has 20 heavy (non-hydrogen) atoms. The van der Waals surface area contributed by atoms with Gasteiger partial charge in [-0.3, -0.25) is 4.79 Å². The largest absolute Gasteiger partial charge is 0.483 e. The van der Waals surface area contributed by atoms with Crippen molar-refractivity contribution in [3.63, 3.8) is 0 Å². The zero-order valence-corrected chi connectivity index (χ0v) is 13.4. The van der Waals surface area contributed by atoms with E-state index in [1.54, 1.807) is 32.0 Å². The second-order valence-electron chi connectivity index (χ2n) is 4.49. The number of carbonyl (C=O) groups is 2. The molecule has 2 N–H and O–H groups in total. The average molecular weight is 365 g/mol. The molecule has 110 valence electrons. The minimum Gasteiger partial charge on any atom is -0.483 e. The predicted molar refractivity (Wildman–Crippen MR) is 79.1 cm³/mol. The van der Waals surface area contributed by atoms with Crippen LogP contribution in [0.3, 0.4) is 0 Å². The summed E-state index contributed by atoms with van der Waals surface area (Å²) in [6.07, 6.45) is 0. The number of carbonyl (C=O) groups excluding carboxylic acids is 1. The summed E-state index contributed by atoms with van der Waals surface area (Å²) in [4.78, 5) is 22.6. The van der Waals surface area contributed by atoms with Crippen LogP contribution >= 0.6 is 27.5 Å². The Bertz CT molecular complexity index is 507. The minimum atomic E-state index is -1.07. The number of aliphatic carboxylic acids is 1. The third kappa shape index (κ3) is 5.02. The van der Waals surface area contributed by atoms with Gasteiger partial charge in [-0.15, -0.1) is 0 Å². The second-order valence-corrected chi connectivity index (χ2v) is 5.78. The summed E-state index contributed by atoms with van der Waals surface area (Å²) in [5.41, 5.74) is 0. The average Bonchev–Trinajstić information content (AvgIpc) is 2.34. The molecule has 1 amide bonds. The Morgan fingerprint density at radius 3 is 2.60 bits per heavy atom. The molecule has 5 nitrogen and oxygen atoms in total. The molecule has 0 saturated carbocycles. The Labute approximate surface area is 130 Å². The lowest BCUT2D eigenvalue weighted by Crippen LogP contribution is -2.46. The van der Waals surface area contributed by atoms with Gasteiger partial charge in [-0.2, -0.15) is 0 Å². The third-order valence-corrected chi connectivity index (χ3v) is 3.36. The highest BCUT2D eigenvalue weighted by Crippen LogP contribution is 2.27. The van der Waals surface area contributed by atoms with Gasteiger partial charge in [0.1, 0.15) is 11.8 Å². The monoisotopic (exact) mass is 363 g/mol. The number of amides is 1. The van der Waals surface area contributed by atoms with Gasteiger partial charge in [0, 0.05) is 5.02 Å². The van der Waals surface area contributed by atoms with Crippen LogP contribution in [-0.4, -0.2) is 29.6 Å². The summed E-state index contributed by atoms with van der Waals surface area (Å²) in [7, 11) is 0. The Morgan fingerprint density at radius 1 is 1.45 bits per heavy atom. The molecular weight excluding hydrogens is 350 g/mol. The first kappa shape index (κ1) is 16.8. The number of ether oxygens (including phenoxy) is 1. The Morgan fingerprint density at radius 2 is 2.10 bits per heavy atom. The number of carboxylic acid groups (broad SMARTS) is 1. The lowest BCUT2D eigenvalue weighted by atomic mass is 10.1. The molecule has 7 heteroatoms. The fraction of sp³-hybridized carbons (Fsp3) is 0.385. The maximum atomic E-state index is 11.7. The van der Waals surface area contributed by atoms with Gasteiger partial charge in [0.2, 0.25) is 0 Å². The van der Waals surface area contributed by atoms with Crippen molar-refractivity contribution in [2.45, 2.75) is 19.9 Å². The number of rotatable bonds is 6. The normalized spacial score (nSPS) is 12.1. The summed E-state index contributed by atoms with van der Waals surface area (Å²) in [5.74, 6) is -1.31. The Balaban J connectivity index is 2.57. The van der Waals surface area contributed by atoms with Crippen molar-refractivity contribution in [3.8, 4) is 5.75 Å². The standard InChI is InChI=1S/C13H15BrClNO4/c1-7(2)12(13(18)19)16-11(17)6-20-10-4-3-8(15)5-9(10)14/h3-5,7,12H,6H2,1-2H3,(H,16,17)(H,18,19)/t12-/m0/s1. The first-order valence-electron chi connectivity index (χ1n) is 5.91. The van der Waals surface area contributed by atoms with Gasteiger partial charge < -0.3 is 15.2 Å². The quantitative estimate of drug-likeness (QED) is 0.814. The lowest BCUT2D eigenvalue weighted by Gasteiger charge is -2.18. The summed E-state index contributed by atoms with van der Waals surface area (Å²) < 4.78 is 5.93. The molecule has 1 aromatic rings. The van der Waals surface area contributed by atoms with Crippen molar-refractivity contribution >= 4 is 39.4 Å². The first-order valence-corrected chi connectivity index (χ1v) is 7.08. The minimum absolute atomic E-state index is 0.210. The fourth-order valence-corrected chi connectivity index (χ4v) is 2.26. The van der Waals surface area contributed by atoms with Gasteiger partial charge in [0.15, 0.2) is 6.61 Å². The molecule has 1 aromatic carbocycles. The van der Waals surface area contributed by atoms with Crippen LogP contribution in [0.4, 0.5) is 0 Å². The zero-order chi connectivity index (χ0) is 15.3. The highest BCUT2D eigenvalue weighted by atomic mass is 79.9. The van der Waals surface area contributed by atoms with Gasteiger partial charge >= 0.3 is 5.97 Å². The maximum absolute atomic E-state index is 11.7. The molecule has 0 spiro atoms. The molecular formula is C13H15BrClNO4. The Hall–Kier alpha value is -1.27. The van der Waals surface area contributed by atoms with E-state index in [1.165, 1.54) is 0 Å². The van der Waals surface area contributed by atoms with Crippen LogP contribution < -0.4 is 10.1 Å². The van der Waals surface area contributed by atoms with E-state index >= 15 is 0 Å². The topological polar surface area (TPSA) is 75.6 Å². The summed E-state index contributed by atoms with van der Waals surface area (Å²) >= 11 is 9.05. The molecule has 0 radical (unpaired) electrons. The summed E-state index contributed by atoms with van der Waals surface area (Å²) in [6.45, 7) is 3.17. The van der Waals surface area contributed by atoms with E-state index in [-0.39, 0.29) is 12.5 Å². The maximum Gasteiger partial charge on any atom is 0.326 e. The molecule has 0 aliphatic heterocycles. The van der Waals surface area contributed by atoms with Crippen LogP contribution in [0, 0.1) is 5.92 Å². The fourth-order valence-electron chi connectivity index (χ4n) is 1.46. The van der Waals surface area contributed by atoms with Crippen molar-refractivity contribution in [3.05, 3.63) is 27.7 Å². The number of carboxylic acids is 1. The van der Waals surface area contributed by atoms with E-state index in [0.29, 0.717) is 15.2 Å². The van der Waals surface area contributed by atoms with E-state index in [9.17, 15) is 9.59 Å². The highest BCUT2D eigenvalue weighted by molar-refractivity contribution is 9.10. The second kappa shape index (κ2) is 7.50. The van der Waals surface area contributed by atoms with Crippen LogP contribution in [0.15, 0.2) is 22.7 Å². The molecule has 0 aliphatic carbocycles. The molecule has 0 bridgehead atoms. The highest BCUT2D eigenvalue weighted by Gasteiger charge is 2.23. The molecule has 1 atom stereocenters. The molecule has 0 saturated heterocycles. The van der Waals surface area contributed by atoms with Gasteiger partial charge in [-0.25, -0.2) is 4.79 Å². The molecule has 0 unspecified atom stereocenters. The van der Waals surface area contributed by atoms with Gasteiger partial charge in [-0.1, -0.05) is 25.4 Å². The van der Waals surface area contributed by atoms with Crippen LogP contribution in [-0.2, 0) is 9.59 Å². The van der Waals surface area contributed by atoms with Crippen molar-refractivity contribution < 1.29 is 19.4 Å². The number of nitrogens with one attached hydrogen (secondary N) is 1. The molecule has 1 rings (SSSR count). The molecule has 0 heterocycles. The van der Waals surface area contributed by atoms with E-state index in [0.717, 1.165) is 0 Å². The molecule has 0 fully saturated rings. The Kier molecular flexibility index (Phi) is 6.29. The smallest absolute Gasteiger partial charge is 0.326 e. The molecule has 0 aromatic heterocycles. The number of benzene rings is 1. The summed E-state index contributed by atoms with van der Waals surface area (Å²) in [5, 5.41) is 11.9. The van der Waals surface area contributed by atoms with Crippen LogP contribution in [0.25, 0.3) is 0 Å².